The van der Waals surface area contributed by atoms with Gasteiger partial charge in [-0.3, -0.25) is 14.6 Å². The van der Waals surface area contributed by atoms with Gasteiger partial charge in [0.05, 0.1) is 5.56 Å². The van der Waals surface area contributed by atoms with Gasteiger partial charge in [-0.25, -0.2) is 4.39 Å². The third-order valence-electron chi connectivity index (χ3n) is 4.45. The Labute approximate surface area is 145 Å². The second-order valence-corrected chi connectivity index (χ2v) is 6.14. The summed E-state index contributed by atoms with van der Waals surface area (Å²) in [6.45, 7) is 1.69. The van der Waals surface area contributed by atoms with Crippen molar-refractivity contribution in [1.29, 1.82) is 0 Å². The topological polar surface area (TPSA) is 62.3 Å². The van der Waals surface area contributed by atoms with Gasteiger partial charge in [-0.2, -0.15) is 0 Å². The number of halogens is 1. The summed E-state index contributed by atoms with van der Waals surface area (Å²) < 4.78 is 13.7. The predicted octanol–water partition coefficient (Wildman–Crippen LogP) is 2.50. The first-order valence-electron chi connectivity index (χ1n) is 8.38. The highest BCUT2D eigenvalue weighted by atomic mass is 19.1. The number of pyridine rings is 1. The fraction of sp³-hybridized carbons (Fsp3) is 0.316. The van der Waals surface area contributed by atoms with E-state index < -0.39 is 5.82 Å². The largest absolute Gasteiger partial charge is 0.350 e. The van der Waals surface area contributed by atoms with E-state index in [9.17, 15) is 14.0 Å². The molecule has 3 rings (SSSR count). The molecule has 1 aromatic heterocycles. The summed E-state index contributed by atoms with van der Waals surface area (Å²) in [5.41, 5.74) is 0.513. The molecule has 130 valence electrons. The molecule has 0 atom stereocenters. The second kappa shape index (κ2) is 7.88. The Balaban J connectivity index is 1.48. The van der Waals surface area contributed by atoms with Crippen molar-refractivity contribution in [3.05, 3.63) is 65.7 Å². The fourth-order valence-corrected chi connectivity index (χ4v) is 2.97. The summed E-state index contributed by atoms with van der Waals surface area (Å²) in [6.07, 6.45) is 3.15. The minimum absolute atomic E-state index is 0.115. The van der Waals surface area contributed by atoms with Crippen molar-refractivity contribution >= 4 is 11.8 Å². The summed E-state index contributed by atoms with van der Waals surface area (Å²) in [4.78, 5) is 30.1. The van der Waals surface area contributed by atoms with E-state index in [1.54, 1.807) is 41.4 Å². The van der Waals surface area contributed by atoms with Crippen LogP contribution >= 0.6 is 0 Å². The maximum Gasteiger partial charge on any atom is 0.269 e. The number of carbonyl (C=O) groups excluding carboxylic acids is 2. The molecule has 2 heterocycles. The number of rotatable bonds is 4. The SMILES string of the molecule is O=C(NCC1CCN(C(=O)c2ccccc2F)CC1)c1ccccn1. The quantitative estimate of drug-likeness (QED) is 0.929. The van der Waals surface area contributed by atoms with E-state index in [0.717, 1.165) is 12.8 Å². The van der Waals surface area contributed by atoms with Crippen LogP contribution in [0, 0.1) is 11.7 Å². The van der Waals surface area contributed by atoms with E-state index >= 15 is 0 Å². The van der Waals surface area contributed by atoms with Crippen LogP contribution in [0.25, 0.3) is 0 Å². The number of carbonyl (C=O) groups is 2. The van der Waals surface area contributed by atoms with Gasteiger partial charge in [0.1, 0.15) is 11.5 Å². The van der Waals surface area contributed by atoms with Gasteiger partial charge in [0, 0.05) is 25.8 Å². The van der Waals surface area contributed by atoms with Crippen LogP contribution in [0.4, 0.5) is 4.39 Å². The summed E-state index contributed by atoms with van der Waals surface area (Å²) in [7, 11) is 0. The molecule has 0 radical (unpaired) electrons. The molecule has 2 aromatic rings. The Kier molecular flexibility index (Phi) is 5.38. The van der Waals surface area contributed by atoms with E-state index in [-0.39, 0.29) is 17.4 Å². The molecule has 1 saturated heterocycles. The molecule has 1 aliphatic rings. The van der Waals surface area contributed by atoms with Crippen LogP contribution in [0.1, 0.15) is 33.7 Å². The normalized spacial score (nSPS) is 15.0. The molecular formula is C19H20FN3O2. The molecule has 25 heavy (non-hydrogen) atoms. The molecule has 0 unspecified atom stereocenters. The molecule has 0 spiro atoms. The molecule has 5 nitrogen and oxygen atoms in total. The van der Waals surface area contributed by atoms with Crippen molar-refractivity contribution in [2.75, 3.05) is 19.6 Å². The Morgan fingerprint density at radius 1 is 1.12 bits per heavy atom. The van der Waals surface area contributed by atoms with Crippen LogP contribution in [0.15, 0.2) is 48.7 Å². The van der Waals surface area contributed by atoms with Gasteiger partial charge < -0.3 is 10.2 Å². The average Bonchev–Trinajstić information content (AvgIpc) is 2.67. The second-order valence-electron chi connectivity index (χ2n) is 6.14. The monoisotopic (exact) mass is 341 g/mol. The molecule has 1 N–H and O–H groups in total. The third kappa shape index (κ3) is 4.21. The van der Waals surface area contributed by atoms with E-state index in [2.05, 4.69) is 10.3 Å². The minimum Gasteiger partial charge on any atom is -0.350 e. The highest BCUT2D eigenvalue weighted by molar-refractivity contribution is 5.94. The smallest absolute Gasteiger partial charge is 0.269 e. The molecule has 1 aliphatic heterocycles. The molecule has 0 saturated carbocycles. The zero-order chi connectivity index (χ0) is 17.6. The number of nitrogens with one attached hydrogen (secondary N) is 1. The summed E-state index contributed by atoms with van der Waals surface area (Å²) in [6, 6.07) is 11.3. The van der Waals surface area contributed by atoms with Crippen LogP contribution in [0.3, 0.4) is 0 Å². The van der Waals surface area contributed by atoms with Gasteiger partial charge in [-0.15, -0.1) is 0 Å². The number of amides is 2. The fourth-order valence-electron chi connectivity index (χ4n) is 2.97. The van der Waals surface area contributed by atoms with Crippen molar-refractivity contribution < 1.29 is 14.0 Å². The molecule has 0 aliphatic carbocycles. The lowest BCUT2D eigenvalue weighted by molar-refractivity contribution is 0.0679. The third-order valence-corrected chi connectivity index (χ3v) is 4.45. The Morgan fingerprint density at radius 3 is 2.52 bits per heavy atom. The van der Waals surface area contributed by atoms with E-state index in [4.69, 9.17) is 0 Å². The lowest BCUT2D eigenvalue weighted by Gasteiger charge is -2.32. The lowest BCUT2D eigenvalue weighted by Crippen LogP contribution is -2.41. The number of hydrogen-bond acceptors (Lipinski definition) is 3. The molecule has 0 bridgehead atoms. The number of benzene rings is 1. The highest BCUT2D eigenvalue weighted by Gasteiger charge is 2.25. The van der Waals surface area contributed by atoms with E-state index in [1.165, 1.54) is 12.1 Å². The first kappa shape index (κ1) is 17.1. The Morgan fingerprint density at radius 2 is 1.84 bits per heavy atom. The number of hydrogen-bond donors (Lipinski definition) is 1. The summed E-state index contributed by atoms with van der Waals surface area (Å²) in [5, 5.41) is 2.89. The Bertz CT molecular complexity index is 743. The highest BCUT2D eigenvalue weighted by Crippen LogP contribution is 2.19. The van der Waals surface area contributed by atoms with Crippen molar-refractivity contribution in [1.82, 2.24) is 15.2 Å². The van der Waals surface area contributed by atoms with Gasteiger partial charge >= 0.3 is 0 Å². The number of likely N-dealkylation sites (tertiary alicyclic amines) is 1. The molecular weight excluding hydrogens is 321 g/mol. The van der Waals surface area contributed by atoms with Crippen molar-refractivity contribution in [2.24, 2.45) is 5.92 Å². The van der Waals surface area contributed by atoms with Gasteiger partial charge in [0.2, 0.25) is 0 Å². The van der Waals surface area contributed by atoms with Crippen molar-refractivity contribution in [3.63, 3.8) is 0 Å². The number of aromatic nitrogens is 1. The van der Waals surface area contributed by atoms with Crippen LogP contribution in [-0.4, -0.2) is 41.3 Å². The van der Waals surface area contributed by atoms with Gasteiger partial charge in [0.15, 0.2) is 0 Å². The molecule has 1 fully saturated rings. The Hall–Kier alpha value is -2.76. The average molecular weight is 341 g/mol. The van der Waals surface area contributed by atoms with Crippen molar-refractivity contribution in [3.8, 4) is 0 Å². The van der Waals surface area contributed by atoms with Crippen LogP contribution in [0.5, 0.6) is 0 Å². The van der Waals surface area contributed by atoms with Gasteiger partial charge in [0.25, 0.3) is 11.8 Å². The van der Waals surface area contributed by atoms with E-state index in [1.807, 2.05) is 0 Å². The molecule has 2 amide bonds. The maximum atomic E-state index is 13.7. The first-order valence-corrected chi connectivity index (χ1v) is 8.38. The molecule has 1 aromatic carbocycles. The number of piperidine rings is 1. The molecule has 6 heteroatoms. The summed E-state index contributed by atoms with van der Waals surface area (Å²) in [5.74, 6) is -0.644. The van der Waals surface area contributed by atoms with Crippen molar-refractivity contribution in [2.45, 2.75) is 12.8 Å². The van der Waals surface area contributed by atoms with E-state index in [0.29, 0.717) is 31.2 Å². The lowest BCUT2D eigenvalue weighted by atomic mass is 9.96. The minimum atomic E-state index is -0.489. The zero-order valence-corrected chi connectivity index (χ0v) is 13.8. The van der Waals surface area contributed by atoms with Crippen LogP contribution in [-0.2, 0) is 0 Å². The van der Waals surface area contributed by atoms with Crippen LogP contribution in [0.2, 0.25) is 0 Å². The standard InChI is InChI=1S/C19H20FN3O2/c20-16-6-2-1-5-15(16)19(25)23-11-8-14(9-12-23)13-22-18(24)17-7-3-4-10-21-17/h1-7,10,14H,8-9,11-13H2,(H,22,24). The predicted molar refractivity (Wildman–Crippen MR) is 91.6 cm³/mol. The maximum absolute atomic E-state index is 13.7. The summed E-state index contributed by atoms with van der Waals surface area (Å²) >= 11 is 0. The van der Waals surface area contributed by atoms with Crippen LogP contribution < -0.4 is 5.32 Å². The zero-order valence-electron chi connectivity index (χ0n) is 13.8. The number of nitrogens with zero attached hydrogens (tertiary/aromatic N) is 2. The van der Waals surface area contributed by atoms with Gasteiger partial charge in [-0.1, -0.05) is 18.2 Å². The first-order chi connectivity index (χ1) is 12.1. The van der Waals surface area contributed by atoms with Gasteiger partial charge in [-0.05, 0) is 43.0 Å².